The van der Waals surface area contributed by atoms with Crippen molar-refractivity contribution in [1.82, 2.24) is 20.0 Å². The Morgan fingerprint density at radius 1 is 1.09 bits per heavy atom. The summed E-state index contributed by atoms with van der Waals surface area (Å²) in [6.45, 7) is 0.140. The number of primary amides is 1. The number of hydrogen-bond acceptors (Lipinski definition) is 4. The molecule has 3 amide bonds. The van der Waals surface area contributed by atoms with Gasteiger partial charge in [-0.15, -0.1) is 0 Å². The van der Waals surface area contributed by atoms with Crippen molar-refractivity contribution in [2.24, 2.45) is 11.7 Å². The summed E-state index contributed by atoms with van der Waals surface area (Å²) in [4.78, 5) is 40.2. The average Bonchev–Trinajstić information content (AvgIpc) is 3.53. The fourth-order valence-corrected chi connectivity index (χ4v) is 5.68. The lowest BCUT2D eigenvalue weighted by Gasteiger charge is -2.34. The van der Waals surface area contributed by atoms with Crippen molar-refractivity contribution in [3.8, 4) is 0 Å². The van der Waals surface area contributed by atoms with Gasteiger partial charge in [0.15, 0.2) is 5.69 Å². The number of nitrogens with zero attached hydrogens (tertiary/aromatic N) is 3. The summed E-state index contributed by atoms with van der Waals surface area (Å²) in [5.74, 6) is -0.962. The first kappa shape index (κ1) is 22.7. The van der Waals surface area contributed by atoms with Crippen molar-refractivity contribution in [3.63, 3.8) is 0 Å². The Labute approximate surface area is 206 Å². The van der Waals surface area contributed by atoms with E-state index in [0.29, 0.717) is 26.5 Å². The van der Waals surface area contributed by atoms with E-state index < -0.39 is 11.9 Å². The normalized spacial score (nSPS) is 21.2. The lowest BCUT2D eigenvalue weighted by molar-refractivity contribution is -0.143. The summed E-state index contributed by atoms with van der Waals surface area (Å²) in [5.41, 5.74) is 6.96. The summed E-state index contributed by atoms with van der Waals surface area (Å²) < 4.78 is 1.49. The molecule has 1 saturated carbocycles. The van der Waals surface area contributed by atoms with Gasteiger partial charge in [0.05, 0.1) is 15.6 Å². The number of rotatable bonds is 6. The van der Waals surface area contributed by atoms with Crippen LogP contribution in [-0.4, -0.2) is 44.5 Å². The van der Waals surface area contributed by atoms with Crippen LogP contribution < -0.4 is 11.1 Å². The number of hydrogen-bond donors (Lipinski definition) is 2. The monoisotopic (exact) mass is 499 g/mol. The molecule has 0 spiro atoms. The van der Waals surface area contributed by atoms with Gasteiger partial charge in [-0.1, -0.05) is 53.5 Å². The van der Waals surface area contributed by atoms with Crippen LogP contribution >= 0.6 is 23.2 Å². The van der Waals surface area contributed by atoms with Crippen molar-refractivity contribution in [1.29, 1.82) is 0 Å². The number of aromatic nitrogens is 2. The van der Waals surface area contributed by atoms with Gasteiger partial charge in [-0.3, -0.25) is 19.1 Å². The number of piperidine rings is 1. The first-order valence-electron chi connectivity index (χ1n) is 11.1. The second kappa shape index (κ2) is 8.92. The number of halogens is 2. The molecule has 2 fully saturated rings. The topological polar surface area (TPSA) is 110 Å². The molecule has 2 aromatic carbocycles. The highest BCUT2D eigenvalue weighted by Crippen LogP contribution is 2.42. The Hall–Kier alpha value is -3.10. The summed E-state index contributed by atoms with van der Waals surface area (Å²) >= 11 is 12.3. The minimum atomic E-state index is -0.653. The van der Waals surface area contributed by atoms with Crippen LogP contribution in [0.5, 0.6) is 0 Å². The maximum Gasteiger partial charge on any atom is 0.269 e. The van der Waals surface area contributed by atoms with Gasteiger partial charge in [0.25, 0.3) is 5.91 Å². The average molecular weight is 500 g/mol. The maximum absolute atomic E-state index is 13.4. The number of benzene rings is 2. The molecule has 1 aliphatic heterocycles. The zero-order chi connectivity index (χ0) is 24.0. The molecule has 3 atom stereocenters. The molecule has 10 heteroatoms. The highest BCUT2D eigenvalue weighted by Gasteiger charge is 2.51. The van der Waals surface area contributed by atoms with Crippen LogP contribution in [0.4, 0.5) is 0 Å². The molecule has 1 aromatic heterocycles. The second-order valence-corrected chi connectivity index (χ2v) is 9.58. The first-order valence-corrected chi connectivity index (χ1v) is 11.9. The van der Waals surface area contributed by atoms with Crippen LogP contribution in [-0.2, 0) is 22.7 Å². The summed E-state index contributed by atoms with van der Waals surface area (Å²) in [7, 11) is 0. The van der Waals surface area contributed by atoms with Crippen LogP contribution in [0, 0.1) is 5.92 Å². The van der Waals surface area contributed by atoms with Gasteiger partial charge in [-0.05, 0) is 42.9 Å². The lowest BCUT2D eigenvalue weighted by atomic mass is 9.97. The Balaban J connectivity index is 1.36. The van der Waals surface area contributed by atoms with Gasteiger partial charge in [-0.25, -0.2) is 0 Å². The van der Waals surface area contributed by atoms with Crippen LogP contribution in [0.15, 0.2) is 42.5 Å². The van der Waals surface area contributed by atoms with Crippen molar-refractivity contribution in [3.05, 3.63) is 63.8 Å². The summed E-state index contributed by atoms with van der Waals surface area (Å²) in [6, 6.07) is 11.9. The van der Waals surface area contributed by atoms with E-state index in [2.05, 4.69) is 10.4 Å². The van der Waals surface area contributed by atoms with Crippen LogP contribution in [0.2, 0.25) is 10.0 Å². The molecule has 5 rings (SSSR count). The number of carbonyl (C=O) groups excluding carboxylic acids is 3. The van der Waals surface area contributed by atoms with E-state index in [0.717, 1.165) is 19.3 Å². The predicted molar refractivity (Wildman–Crippen MR) is 128 cm³/mol. The van der Waals surface area contributed by atoms with E-state index in [4.69, 9.17) is 28.9 Å². The van der Waals surface area contributed by atoms with Crippen molar-refractivity contribution in [2.75, 3.05) is 0 Å². The van der Waals surface area contributed by atoms with Crippen LogP contribution in [0.25, 0.3) is 10.9 Å². The molecule has 0 radical (unpaired) electrons. The molecule has 176 valence electrons. The zero-order valence-electron chi connectivity index (χ0n) is 18.2. The highest BCUT2D eigenvalue weighted by molar-refractivity contribution is 6.42. The van der Waals surface area contributed by atoms with E-state index in [-0.39, 0.29) is 42.6 Å². The van der Waals surface area contributed by atoms with E-state index in [1.165, 1.54) is 4.68 Å². The molecule has 2 aliphatic rings. The smallest absolute Gasteiger partial charge is 0.269 e. The number of fused-ring (bicyclic) bond motifs is 3. The molecule has 1 saturated heterocycles. The predicted octanol–water partition coefficient (Wildman–Crippen LogP) is 3.14. The van der Waals surface area contributed by atoms with Gasteiger partial charge in [-0.2, -0.15) is 5.10 Å². The molecule has 34 heavy (non-hydrogen) atoms. The third-order valence-corrected chi connectivity index (χ3v) is 7.66. The molecule has 2 bridgehead atoms. The SMILES string of the molecule is NC(=O)c1nn(CC(=O)N2[C@@H]3CC[C@@H](C3)[C@H]2C(=O)NCc2cccc(Cl)c2Cl)c2ccccc12. The molecule has 0 unspecified atom stereocenters. The third kappa shape index (κ3) is 3.91. The van der Waals surface area contributed by atoms with Gasteiger partial charge in [0.2, 0.25) is 11.8 Å². The molecule has 1 aliphatic carbocycles. The van der Waals surface area contributed by atoms with E-state index in [9.17, 15) is 14.4 Å². The largest absolute Gasteiger partial charge is 0.364 e. The Morgan fingerprint density at radius 3 is 2.68 bits per heavy atom. The van der Waals surface area contributed by atoms with Gasteiger partial charge < -0.3 is 16.0 Å². The third-order valence-electron chi connectivity index (χ3n) is 6.80. The van der Waals surface area contributed by atoms with E-state index >= 15 is 0 Å². The molecule has 8 nitrogen and oxygen atoms in total. The van der Waals surface area contributed by atoms with Gasteiger partial charge in [0, 0.05) is 18.0 Å². The van der Waals surface area contributed by atoms with E-state index in [1.54, 1.807) is 41.3 Å². The Bertz CT molecular complexity index is 1310. The first-order chi connectivity index (χ1) is 16.3. The lowest BCUT2D eigenvalue weighted by Crippen LogP contribution is -2.53. The Morgan fingerprint density at radius 2 is 1.88 bits per heavy atom. The molecule has 2 heterocycles. The fraction of sp³-hybridized carbons (Fsp3) is 0.333. The number of likely N-dealkylation sites (tertiary alicyclic amines) is 1. The number of carbonyl (C=O) groups is 3. The van der Waals surface area contributed by atoms with E-state index in [1.807, 2.05) is 6.07 Å². The summed E-state index contributed by atoms with van der Waals surface area (Å²) in [6.07, 6.45) is 2.57. The number of para-hydroxylation sites is 1. The molecular formula is C24H23Cl2N5O3. The van der Waals surface area contributed by atoms with Gasteiger partial charge >= 0.3 is 0 Å². The highest BCUT2D eigenvalue weighted by atomic mass is 35.5. The van der Waals surface area contributed by atoms with Gasteiger partial charge in [0.1, 0.15) is 12.6 Å². The second-order valence-electron chi connectivity index (χ2n) is 8.79. The zero-order valence-corrected chi connectivity index (χ0v) is 19.7. The fourth-order valence-electron chi connectivity index (χ4n) is 5.30. The summed E-state index contributed by atoms with van der Waals surface area (Å²) in [5, 5.41) is 8.65. The number of nitrogens with two attached hydrogens (primary N) is 1. The Kier molecular flexibility index (Phi) is 5.95. The van der Waals surface area contributed by atoms with Crippen LogP contribution in [0.3, 0.4) is 0 Å². The number of amides is 3. The van der Waals surface area contributed by atoms with Crippen molar-refractivity contribution in [2.45, 2.75) is 44.4 Å². The molecule has 3 aromatic rings. The van der Waals surface area contributed by atoms with Crippen LogP contribution in [0.1, 0.15) is 35.3 Å². The standard InChI is InChI=1S/C24H23Cl2N5O3/c25-17-6-3-4-14(20(17)26)11-28-24(34)22-13-8-9-15(10-13)31(22)19(32)12-30-18-7-2-1-5-16(18)21(29-30)23(27)33/h1-7,13,15,22H,8-12H2,(H2,27,33)(H,28,34)/t13-,15+,22-/m0/s1. The quantitative estimate of drug-likeness (QED) is 0.542. The van der Waals surface area contributed by atoms with Crippen molar-refractivity contribution < 1.29 is 14.4 Å². The van der Waals surface area contributed by atoms with Crippen molar-refractivity contribution >= 4 is 51.8 Å². The molecule has 3 N–H and O–H groups in total. The molecular weight excluding hydrogens is 477 g/mol. The minimum absolute atomic E-state index is 0.0143. The maximum atomic E-state index is 13.4. The number of nitrogens with one attached hydrogen (secondary N) is 1. The minimum Gasteiger partial charge on any atom is -0.364 e.